The van der Waals surface area contributed by atoms with Crippen LogP contribution in [0.3, 0.4) is 0 Å². The van der Waals surface area contributed by atoms with E-state index in [9.17, 15) is 18.0 Å². The summed E-state index contributed by atoms with van der Waals surface area (Å²) in [5.41, 5.74) is 8.06. The molecule has 34 heavy (non-hydrogen) atoms. The maximum atomic E-state index is 12.7. The van der Waals surface area contributed by atoms with Gasteiger partial charge in [0.25, 0.3) is 11.8 Å². The number of aromatic nitrogens is 2. The van der Waals surface area contributed by atoms with Gasteiger partial charge in [-0.25, -0.2) is 13.1 Å². The maximum absolute atomic E-state index is 12.7. The summed E-state index contributed by atoms with van der Waals surface area (Å²) in [6.45, 7) is 4.94. The number of rotatable bonds is 6. The predicted molar refractivity (Wildman–Crippen MR) is 127 cm³/mol. The minimum atomic E-state index is -3.55. The van der Waals surface area contributed by atoms with Crippen LogP contribution < -0.4 is 10.9 Å². The van der Waals surface area contributed by atoms with Gasteiger partial charge >= 0.3 is 0 Å². The Morgan fingerprint density at radius 1 is 0.941 bits per heavy atom. The molecule has 2 aromatic carbocycles. The number of hydrogen-bond donors (Lipinski definition) is 2. The zero-order valence-corrected chi connectivity index (χ0v) is 19.9. The number of benzene rings is 2. The largest absolute Gasteiger partial charge is 0.273 e. The fourth-order valence-corrected chi connectivity index (χ4v) is 5.44. The van der Waals surface area contributed by atoms with Crippen LogP contribution in [0.25, 0.3) is 5.69 Å². The molecule has 3 aromatic rings. The number of sulfonamides is 1. The van der Waals surface area contributed by atoms with E-state index in [1.807, 2.05) is 38.1 Å². The minimum Gasteiger partial charge on any atom is -0.267 e. The lowest BCUT2D eigenvalue weighted by molar-refractivity contribution is 0.0846. The first-order chi connectivity index (χ1) is 16.3. The quantitative estimate of drug-likeness (QED) is 0.526. The molecule has 1 saturated heterocycles. The Balaban J connectivity index is 1.42. The third kappa shape index (κ3) is 4.73. The molecule has 2 heterocycles. The average Bonchev–Trinajstić information content (AvgIpc) is 3.53. The number of hydrogen-bond acceptors (Lipinski definition) is 5. The van der Waals surface area contributed by atoms with Crippen LogP contribution in [0.2, 0.25) is 0 Å². The van der Waals surface area contributed by atoms with Gasteiger partial charge in [-0.1, -0.05) is 24.6 Å². The summed E-state index contributed by atoms with van der Waals surface area (Å²) in [5, 5.41) is 4.34. The standard InChI is InChI=1S/C24H27N5O4S/c1-3-22-21(16-25-29(22)19-10-6-17(2)7-11-19)24(31)27-26-23(30)18-8-12-20(13-9-18)34(32,33)28-14-4-5-15-28/h6-13,16H,3-5,14-15H2,1-2H3,(H,26,30)(H,27,31). The maximum Gasteiger partial charge on any atom is 0.273 e. The van der Waals surface area contributed by atoms with E-state index in [2.05, 4.69) is 16.0 Å². The van der Waals surface area contributed by atoms with E-state index in [0.29, 0.717) is 30.8 Å². The molecule has 1 aliphatic heterocycles. The Hall–Kier alpha value is -3.50. The molecule has 10 heteroatoms. The minimum absolute atomic E-state index is 0.145. The van der Waals surface area contributed by atoms with Crippen molar-refractivity contribution in [1.82, 2.24) is 24.9 Å². The first-order valence-electron chi connectivity index (χ1n) is 11.2. The highest BCUT2D eigenvalue weighted by Crippen LogP contribution is 2.21. The van der Waals surface area contributed by atoms with Crippen LogP contribution in [0.5, 0.6) is 0 Å². The lowest BCUT2D eigenvalue weighted by Gasteiger charge is -2.15. The highest BCUT2D eigenvalue weighted by molar-refractivity contribution is 7.89. The molecule has 0 unspecified atom stereocenters. The molecule has 0 saturated carbocycles. The fourth-order valence-electron chi connectivity index (χ4n) is 3.92. The molecule has 0 radical (unpaired) electrons. The Labute approximate surface area is 198 Å². The van der Waals surface area contributed by atoms with E-state index in [0.717, 1.165) is 24.1 Å². The number of nitrogens with zero attached hydrogens (tertiary/aromatic N) is 3. The molecule has 2 amide bonds. The van der Waals surface area contributed by atoms with Crippen molar-refractivity contribution in [2.75, 3.05) is 13.1 Å². The molecule has 9 nitrogen and oxygen atoms in total. The van der Waals surface area contributed by atoms with E-state index in [1.165, 1.54) is 34.8 Å². The molecule has 0 spiro atoms. The molecule has 2 N–H and O–H groups in total. The van der Waals surface area contributed by atoms with Gasteiger partial charge in [0.15, 0.2) is 0 Å². The summed E-state index contributed by atoms with van der Waals surface area (Å²) in [7, 11) is -3.55. The van der Waals surface area contributed by atoms with Crippen molar-refractivity contribution in [3.63, 3.8) is 0 Å². The predicted octanol–water partition coefficient (Wildman–Crippen LogP) is 2.60. The number of hydrazine groups is 1. The van der Waals surface area contributed by atoms with Crippen LogP contribution in [-0.4, -0.2) is 47.4 Å². The SMILES string of the molecule is CCc1c(C(=O)NNC(=O)c2ccc(S(=O)(=O)N3CCCC3)cc2)cnn1-c1ccc(C)cc1. The summed E-state index contributed by atoms with van der Waals surface area (Å²) >= 11 is 0. The lowest BCUT2D eigenvalue weighted by atomic mass is 10.2. The van der Waals surface area contributed by atoms with E-state index in [-0.39, 0.29) is 10.5 Å². The van der Waals surface area contributed by atoms with Crippen LogP contribution in [-0.2, 0) is 16.4 Å². The monoisotopic (exact) mass is 481 g/mol. The second-order valence-corrected chi connectivity index (χ2v) is 10.1. The molecule has 0 aliphatic carbocycles. The second-order valence-electron chi connectivity index (χ2n) is 8.15. The van der Waals surface area contributed by atoms with Gasteiger partial charge in [0, 0.05) is 18.7 Å². The molecule has 0 bridgehead atoms. The molecule has 4 rings (SSSR count). The van der Waals surface area contributed by atoms with E-state index < -0.39 is 21.8 Å². The Morgan fingerprint density at radius 2 is 1.56 bits per heavy atom. The number of carbonyl (C=O) groups is 2. The molecule has 1 aromatic heterocycles. The van der Waals surface area contributed by atoms with Crippen molar-refractivity contribution in [2.45, 2.75) is 38.0 Å². The Kier molecular flexibility index (Phi) is 6.80. The Morgan fingerprint density at radius 3 is 2.18 bits per heavy atom. The van der Waals surface area contributed by atoms with Gasteiger partial charge in [0.1, 0.15) is 0 Å². The van der Waals surface area contributed by atoms with Gasteiger partial charge in [0.2, 0.25) is 10.0 Å². The van der Waals surface area contributed by atoms with Crippen LogP contribution >= 0.6 is 0 Å². The van der Waals surface area contributed by atoms with Crippen molar-refractivity contribution in [3.8, 4) is 5.69 Å². The molecular weight excluding hydrogens is 454 g/mol. The smallest absolute Gasteiger partial charge is 0.267 e. The zero-order valence-electron chi connectivity index (χ0n) is 19.1. The van der Waals surface area contributed by atoms with E-state index in [1.54, 1.807) is 4.68 Å². The summed E-state index contributed by atoms with van der Waals surface area (Å²) in [4.78, 5) is 25.4. The average molecular weight is 482 g/mol. The lowest BCUT2D eigenvalue weighted by Crippen LogP contribution is -2.41. The number of aryl methyl sites for hydroxylation is 1. The van der Waals surface area contributed by atoms with Crippen LogP contribution in [0.15, 0.2) is 59.6 Å². The van der Waals surface area contributed by atoms with Gasteiger partial charge in [0.05, 0.1) is 28.0 Å². The summed E-state index contributed by atoms with van der Waals surface area (Å²) in [6.07, 6.45) is 3.74. The zero-order chi connectivity index (χ0) is 24.3. The fraction of sp³-hybridized carbons (Fsp3) is 0.292. The van der Waals surface area contributed by atoms with E-state index >= 15 is 0 Å². The molecule has 178 valence electrons. The second kappa shape index (κ2) is 9.78. The van der Waals surface area contributed by atoms with Gasteiger partial charge in [-0.05, 0) is 62.6 Å². The third-order valence-electron chi connectivity index (χ3n) is 5.84. The summed E-state index contributed by atoms with van der Waals surface area (Å²) in [5.74, 6) is -1.04. The highest BCUT2D eigenvalue weighted by Gasteiger charge is 2.27. The molecule has 1 fully saturated rings. The highest BCUT2D eigenvalue weighted by atomic mass is 32.2. The van der Waals surface area contributed by atoms with Gasteiger partial charge < -0.3 is 0 Å². The van der Waals surface area contributed by atoms with Crippen molar-refractivity contribution in [3.05, 3.63) is 77.1 Å². The molecular formula is C24H27N5O4S. The van der Waals surface area contributed by atoms with Crippen LogP contribution in [0.1, 0.15) is 51.7 Å². The van der Waals surface area contributed by atoms with E-state index in [4.69, 9.17) is 0 Å². The molecule has 1 aliphatic rings. The van der Waals surface area contributed by atoms with Crippen LogP contribution in [0, 0.1) is 6.92 Å². The third-order valence-corrected chi connectivity index (χ3v) is 7.75. The number of amides is 2. The van der Waals surface area contributed by atoms with Gasteiger partial charge in [-0.3, -0.25) is 20.4 Å². The number of nitrogens with one attached hydrogen (secondary N) is 2. The van der Waals surface area contributed by atoms with Crippen molar-refractivity contribution in [1.29, 1.82) is 0 Å². The van der Waals surface area contributed by atoms with Crippen molar-refractivity contribution < 1.29 is 18.0 Å². The van der Waals surface area contributed by atoms with Crippen molar-refractivity contribution in [2.24, 2.45) is 0 Å². The topological polar surface area (TPSA) is 113 Å². The van der Waals surface area contributed by atoms with Crippen molar-refractivity contribution >= 4 is 21.8 Å². The molecule has 0 atom stereocenters. The number of carbonyl (C=O) groups excluding carboxylic acids is 2. The Bertz CT molecular complexity index is 1290. The summed E-state index contributed by atoms with van der Waals surface area (Å²) < 4.78 is 28.4. The van der Waals surface area contributed by atoms with Gasteiger partial charge in [-0.2, -0.15) is 9.40 Å². The van der Waals surface area contributed by atoms with Crippen LogP contribution in [0.4, 0.5) is 0 Å². The van der Waals surface area contributed by atoms with Gasteiger partial charge in [-0.15, -0.1) is 0 Å². The first kappa shape index (κ1) is 23.7. The summed E-state index contributed by atoms with van der Waals surface area (Å²) in [6, 6.07) is 13.5. The normalized spacial score (nSPS) is 14.2. The first-order valence-corrected chi connectivity index (χ1v) is 12.6.